The molecule has 0 aliphatic carbocycles. The van der Waals surface area contributed by atoms with Gasteiger partial charge in [0.05, 0.1) is 19.6 Å². The quantitative estimate of drug-likeness (QED) is 0.560. The molecule has 7 heteroatoms. The zero-order chi connectivity index (χ0) is 23.6. The van der Waals surface area contributed by atoms with Gasteiger partial charge in [-0.1, -0.05) is 44.2 Å². The third-order valence-electron chi connectivity index (χ3n) is 5.51. The van der Waals surface area contributed by atoms with Crippen molar-refractivity contribution in [2.45, 2.75) is 39.2 Å². The first-order valence-corrected chi connectivity index (χ1v) is 11.4. The predicted octanol–water partition coefficient (Wildman–Crippen LogP) is 3.23. The molecule has 33 heavy (non-hydrogen) atoms. The Hall–Kier alpha value is -3.35. The Morgan fingerprint density at radius 1 is 1.06 bits per heavy atom. The molecular weight excluding hydrogens is 420 g/mol. The number of piperazine rings is 1. The summed E-state index contributed by atoms with van der Waals surface area (Å²) >= 11 is 0. The lowest BCUT2D eigenvalue weighted by atomic mass is 10.1. The summed E-state index contributed by atoms with van der Waals surface area (Å²) in [5.41, 5.74) is 1.51. The van der Waals surface area contributed by atoms with E-state index >= 15 is 0 Å². The molecule has 1 N–H and O–H groups in total. The minimum absolute atomic E-state index is 0.178. The summed E-state index contributed by atoms with van der Waals surface area (Å²) in [6.07, 6.45) is 1.37. The van der Waals surface area contributed by atoms with Gasteiger partial charge < -0.3 is 19.7 Å². The van der Waals surface area contributed by atoms with Crippen molar-refractivity contribution in [3.8, 4) is 5.75 Å². The zero-order valence-electron chi connectivity index (χ0n) is 19.3. The monoisotopic (exact) mass is 452 g/mol. The highest BCUT2D eigenvalue weighted by atomic mass is 16.5. The van der Waals surface area contributed by atoms with Crippen molar-refractivity contribution in [2.75, 3.05) is 26.3 Å². The lowest BCUT2D eigenvalue weighted by molar-refractivity contribution is -0.147. The summed E-state index contributed by atoms with van der Waals surface area (Å²) in [5.74, 6) is 0.115. The van der Waals surface area contributed by atoms with Gasteiger partial charge in [0.25, 0.3) is 5.91 Å². The number of carbonyl (C=O) groups excluding carboxylic acids is 3. The normalized spacial score (nSPS) is 15.8. The standard InChI is InChI=1S/C26H32N2O5/c1-19(2)12-16-32-22-10-8-21(9-11-22)26(31)28-15-14-27-25(30)23(28)18-24(29)33-17-13-20-6-4-3-5-7-20/h3-11,19,23H,12-18H2,1-2H3,(H,27,30). The summed E-state index contributed by atoms with van der Waals surface area (Å²) in [5, 5.41) is 2.74. The van der Waals surface area contributed by atoms with Crippen LogP contribution in [0.4, 0.5) is 0 Å². The first-order valence-electron chi connectivity index (χ1n) is 11.4. The van der Waals surface area contributed by atoms with Crippen molar-refractivity contribution in [1.29, 1.82) is 0 Å². The van der Waals surface area contributed by atoms with Crippen LogP contribution < -0.4 is 10.1 Å². The molecule has 1 unspecified atom stereocenters. The van der Waals surface area contributed by atoms with Gasteiger partial charge in [-0.3, -0.25) is 14.4 Å². The molecule has 1 aliphatic heterocycles. The number of rotatable bonds is 10. The molecule has 1 fully saturated rings. The second kappa shape index (κ2) is 12.0. The molecule has 0 saturated carbocycles. The van der Waals surface area contributed by atoms with Gasteiger partial charge in [-0.15, -0.1) is 0 Å². The number of hydrogen-bond acceptors (Lipinski definition) is 5. The van der Waals surface area contributed by atoms with Gasteiger partial charge in [0.2, 0.25) is 5.91 Å². The Labute approximate surface area is 195 Å². The van der Waals surface area contributed by atoms with E-state index in [-0.39, 0.29) is 24.8 Å². The Balaban J connectivity index is 1.56. The number of ether oxygens (including phenoxy) is 2. The third-order valence-corrected chi connectivity index (χ3v) is 5.51. The molecule has 3 rings (SSSR count). The fraction of sp³-hybridized carbons (Fsp3) is 0.423. The maximum absolute atomic E-state index is 13.1. The Bertz CT molecular complexity index is 927. The molecule has 2 aromatic rings. The van der Waals surface area contributed by atoms with Crippen molar-refractivity contribution < 1.29 is 23.9 Å². The van der Waals surface area contributed by atoms with Gasteiger partial charge >= 0.3 is 5.97 Å². The zero-order valence-corrected chi connectivity index (χ0v) is 19.3. The number of nitrogens with zero attached hydrogens (tertiary/aromatic N) is 1. The minimum Gasteiger partial charge on any atom is -0.494 e. The van der Waals surface area contributed by atoms with Gasteiger partial charge in [-0.25, -0.2) is 0 Å². The number of esters is 1. The highest BCUT2D eigenvalue weighted by Gasteiger charge is 2.35. The Morgan fingerprint density at radius 2 is 1.79 bits per heavy atom. The topological polar surface area (TPSA) is 84.9 Å². The van der Waals surface area contributed by atoms with Gasteiger partial charge in [-0.05, 0) is 42.2 Å². The van der Waals surface area contributed by atoms with Crippen molar-refractivity contribution in [1.82, 2.24) is 10.2 Å². The van der Waals surface area contributed by atoms with Gasteiger partial charge in [0.15, 0.2) is 0 Å². The average molecular weight is 453 g/mol. The molecule has 1 atom stereocenters. The van der Waals surface area contributed by atoms with Crippen LogP contribution in [0.15, 0.2) is 54.6 Å². The van der Waals surface area contributed by atoms with Crippen molar-refractivity contribution in [3.05, 3.63) is 65.7 Å². The maximum Gasteiger partial charge on any atom is 0.308 e. The van der Waals surface area contributed by atoms with E-state index < -0.39 is 12.0 Å². The maximum atomic E-state index is 13.1. The first-order chi connectivity index (χ1) is 15.9. The van der Waals surface area contributed by atoms with Crippen LogP contribution in [0.5, 0.6) is 5.75 Å². The van der Waals surface area contributed by atoms with E-state index in [2.05, 4.69) is 19.2 Å². The van der Waals surface area contributed by atoms with Crippen LogP contribution in [0, 0.1) is 5.92 Å². The van der Waals surface area contributed by atoms with Gasteiger partial charge in [0, 0.05) is 25.1 Å². The van der Waals surface area contributed by atoms with Gasteiger partial charge in [-0.2, -0.15) is 0 Å². The second-order valence-electron chi connectivity index (χ2n) is 8.52. The number of hydrogen-bond donors (Lipinski definition) is 1. The highest BCUT2D eigenvalue weighted by molar-refractivity contribution is 5.99. The van der Waals surface area contributed by atoms with Crippen LogP contribution in [-0.4, -0.2) is 55.0 Å². The Morgan fingerprint density at radius 3 is 2.48 bits per heavy atom. The van der Waals surface area contributed by atoms with Crippen LogP contribution in [0.3, 0.4) is 0 Å². The predicted molar refractivity (Wildman–Crippen MR) is 125 cm³/mol. The molecule has 0 spiro atoms. The van der Waals surface area contributed by atoms with E-state index in [0.29, 0.717) is 43.3 Å². The van der Waals surface area contributed by atoms with Crippen LogP contribution in [0.1, 0.15) is 42.6 Å². The van der Waals surface area contributed by atoms with E-state index in [1.807, 2.05) is 30.3 Å². The van der Waals surface area contributed by atoms with E-state index in [0.717, 1.165) is 12.0 Å². The summed E-state index contributed by atoms with van der Waals surface area (Å²) in [7, 11) is 0. The van der Waals surface area contributed by atoms with Crippen LogP contribution in [0.2, 0.25) is 0 Å². The first kappa shape index (κ1) is 24.3. The van der Waals surface area contributed by atoms with E-state index in [1.54, 1.807) is 24.3 Å². The van der Waals surface area contributed by atoms with Crippen LogP contribution in [-0.2, 0) is 20.7 Å². The highest BCUT2D eigenvalue weighted by Crippen LogP contribution is 2.18. The molecule has 2 aromatic carbocycles. The number of carbonyl (C=O) groups is 3. The number of amides is 2. The molecule has 0 bridgehead atoms. The molecule has 2 amide bonds. The fourth-order valence-corrected chi connectivity index (χ4v) is 3.58. The van der Waals surface area contributed by atoms with Crippen molar-refractivity contribution in [3.63, 3.8) is 0 Å². The summed E-state index contributed by atoms with van der Waals surface area (Å²) < 4.78 is 11.0. The number of benzene rings is 2. The SMILES string of the molecule is CC(C)CCOc1ccc(C(=O)N2CCNC(=O)C2CC(=O)OCCc2ccccc2)cc1. The van der Waals surface area contributed by atoms with Crippen LogP contribution in [0.25, 0.3) is 0 Å². The number of nitrogens with one attached hydrogen (secondary N) is 1. The minimum atomic E-state index is -0.891. The van der Waals surface area contributed by atoms with E-state index in [9.17, 15) is 14.4 Å². The van der Waals surface area contributed by atoms with E-state index in [1.165, 1.54) is 4.90 Å². The molecule has 176 valence electrons. The van der Waals surface area contributed by atoms with E-state index in [4.69, 9.17) is 9.47 Å². The summed E-state index contributed by atoms with van der Waals surface area (Å²) in [6, 6.07) is 15.7. The van der Waals surface area contributed by atoms with Crippen molar-refractivity contribution in [2.24, 2.45) is 5.92 Å². The van der Waals surface area contributed by atoms with Crippen molar-refractivity contribution >= 4 is 17.8 Å². The lowest BCUT2D eigenvalue weighted by Gasteiger charge is -2.34. The molecule has 0 aromatic heterocycles. The largest absolute Gasteiger partial charge is 0.494 e. The molecule has 1 heterocycles. The second-order valence-corrected chi connectivity index (χ2v) is 8.52. The molecular formula is C26H32N2O5. The third kappa shape index (κ3) is 7.34. The summed E-state index contributed by atoms with van der Waals surface area (Å²) in [4.78, 5) is 39.4. The van der Waals surface area contributed by atoms with Crippen LogP contribution >= 0.6 is 0 Å². The van der Waals surface area contributed by atoms with Gasteiger partial charge in [0.1, 0.15) is 11.8 Å². The summed E-state index contributed by atoms with van der Waals surface area (Å²) in [6.45, 7) is 5.79. The average Bonchev–Trinajstić information content (AvgIpc) is 2.81. The lowest BCUT2D eigenvalue weighted by Crippen LogP contribution is -2.57. The molecule has 1 aliphatic rings. The molecule has 0 radical (unpaired) electrons. The fourth-order valence-electron chi connectivity index (χ4n) is 3.58. The Kier molecular flexibility index (Phi) is 8.87. The molecule has 1 saturated heterocycles. The molecule has 7 nitrogen and oxygen atoms in total. The smallest absolute Gasteiger partial charge is 0.308 e.